The molecule has 1 aromatic heterocycles. The van der Waals surface area contributed by atoms with Crippen LogP contribution in [-0.4, -0.2) is 9.91 Å². The summed E-state index contributed by atoms with van der Waals surface area (Å²) in [6, 6.07) is 4.89. The minimum Gasteiger partial charge on any atom is -0.258 e. The van der Waals surface area contributed by atoms with E-state index < -0.39 is 4.92 Å². The van der Waals surface area contributed by atoms with E-state index in [1.807, 2.05) is 0 Å². The smallest absolute Gasteiger partial charge is 0.258 e. The summed E-state index contributed by atoms with van der Waals surface area (Å²) in [6.07, 6.45) is 1.57. The number of hydrogen-bond acceptors (Lipinski definition) is 3. The summed E-state index contributed by atoms with van der Waals surface area (Å²) in [7, 11) is 0. The lowest BCUT2D eigenvalue weighted by atomic mass is 10.2. The van der Waals surface area contributed by atoms with Gasteiger partial charge in [0.1, 0.15) is 4.47 Å². The van der Waals surface area contributed by atoms with Gasteiger partial charge in [-0.15, -0.1) is 0 Å². The van der Waals surface area contributed by atoms with Crippen LogP contribution in [0.15, 0.2) is 28.9 Å². The Morgan fingerprint density at radius 1 is 1.53 bits per heavy atom. The number of benzene rings is 1. The van der Waals surface area contributed by atoms with Gasteiger partial charge >= 0.3 is 0 Å². The van der Waals surface area contributed by atoms with E-state index in [1.165, 1.54) is 6.07 Å². The van der Waals surface area contributed by atoms with Crippen LogP contribution in [0.25, 0.3) is 10.9 Å². The SMILES string of the molecule is O=[N+]([O-])c1cc2ncccc2c(Cl)c1Br. The zero-order valence-electron chi connectivity index (χ0n) is 7.28. The molecule has 76 valence electrons. The molecule has 0 N–H and O–H groups in total. The zero-order chi connectivity index (χ0) is 11.0. The minimum absolute atomic E-state index is 0.0776. The standard InChI is InChI=1S/C9H4BrClN2O2/c10-8-7(13(14)15)4-6-5(9(8)11)2-1-3-12-6/h1-4H. The second-order valence-corrected chi connectivity index (χ2v) is 4.02. The Balaban J connectivity index is 2.88. The highest BCUT2D eigenvalue weighted by Gasteiger charge is 2.18. The molecule has 0 fully saturated rings. The van der Waals surface area contributed by atoms with Gasteiger partial charge in [-0.2, -0.15) is 0 Å². The van der Waals surface area contributed by atoms with Gasteiger partial charge < -0.3 is 0 Å². The Hall–Kier alpha value is -1.20. The summed E-state index contributed by atoms with van der Waals surface area (Å²) in [4.78, 5) is 14.2. The van der Waals surface area contributed by atoms with Crippen LogP contribution in [-0.2, 0) is 0 Å². The normalized spacial score (nSPS) is 10.5. The van der Waals surface area contributed by atoms with Crippen LogP contribution < -0.4 is 0 Å². The molecule has 0 saturated carbocycles. The van der Waals surface area contributed by atoms with Gasteiger partial charge in [0.05, 0.1) is 15.5 Å². The predicted molar refractivity (Wildman–Crippen MR) is 61.1 cm³/mol. The minimum atomic E-state index is -0.496. The molecule has 1 aromatic carbocycles. The van der Waals surface area contributed by atoms with Crippen LogP contribution in [0.3, 0.4) is 0 Å². The Kier molecular flexibility index (Phi) is 2.58. The van der Waals surface area contributed by atoms with Crippen LogP contribution in [0.2, 0.25) is 5.02 Å². The largest absolute Gasteiger partial charge is 0.287 e. The first-order valence-corrected chi connectivity index (χ1v) is 5.15. The van der Waals surface area contributed by atoms with Gasteiger partial charge in [0.15, 0.2) is 0 Å². The van der Waals surface area contributed by atoms with E-state index in [2.05, 4.69) is 20.9 Å². The predicted octanol–water partition coefficient (Wildman–Crippen LogP) is 3.56. The Morgan fingerprint density at radius 2 is 2.27 bits per heavy atom. The third kappa shape index (κ3) is 1.68. The molecule has 6 heteroatoms. The topological polar surface area (TPSA) is 56.0 Å². The van der Waals surface area contributed by atoms with E-state index in [9.17, 15) is 10.1 Å². The van der Waals surface area contributed by atoms with Gasteiger partial charge in [-0.05, 0) is 28.1 Å². The third-order valence-electron chi connectivity index (χ3n) is 1.96. The summed E-state index contributed by atoms with van der Waals surface area (Å²) in [5, 5.41) is 11.7. The van der Waals surface area contributed by atoms with Gasteiger partial charge in [-0.3, -0.25) is 15.1 Å². The summed E-state index contributed by atoms with van der Waals surface area (Å²) in [5.41, 5.74) is 0.434. The molecule has 0 radical (unpaired) electrons. The van der Waals surface area contributed by atoms with Gasteiger partial charge in [-0.1, -0.05) is 11.6 Å². The maximum absolute atomic E-state index is 10.7. The van der Waals surface area contributed by atoms with E-state index in [0.717, 1.165) is 0 Å². The van der Waals surface area contributed by atoms with Crippen molar-refractivity contribution in [1.29, 1.82) is 0 Å². The van der Waals surface area contributed by atoms with E-state index in [-0.39, 0.29) is 10.2 Å². The van der Waals surface area contributed by atoms with Crippen LogP contribution in [0, 0.1) is 10.1 Å². The Labute approximate surface area is 98.2 Å². The highest BCUT2D eigenvalue weighted by Crippen LogP contribution is 2.37. The number of hydrogen-bond donors (Lipinski definition) is 0. The average molecular weight is 288 g/mol. The van der Waals surface area contributed by atoms with Crippen molar-refractivity contribution in [2.75, 3.05) is 0 Å². The van der Waals surface area contributed by atoms with Gasteiger partial charge in [0, 0.05) is 17.6 Å². The van der Waals surface area contributed by atoms with Gasteiger partial charge in [0.2, 0.25) is 0 Å². The van der Waals surface area contributed by atoms with Crippen LogP contribution in [0.5, 0.6) is 0 Å². The third-order valence-corrected chi connectivity index (χ3v) is 3.39. The van der Waals surface area contributed by atoms with E-state index in [4.69, 9.17) is 11.6 Å². The van der Waals surface area contributed by atoms with E-state index >= 15 is 0 Å². The fraction of sp³-hybridized carbons (Fsp3) is 0. The van der Waals surface area contributed by atoms with Crippen molar-refractivity contribution in [3.8, 4) is 0 Å². The fourth-order valence-electron chi connectivity index (χ4n) is 1.27. The molecule has 0 spiro atoms. The monoisotopic (exact) mass is 286 g/mol. The van der Waals surface area contributed by atoms with Crippen LogP contribution in [0.4, 0.5) is 5.69 Å². The Morgan fingerprint density at radius 3 is 2.93 bits per heavy atom. The number of nitro benzene ring substituents is 1. The van der Waals surface area contributed by atoms with Crippen molar-refractivity contribution in [3.63, 3.8) is 0 Å². The average Bonchev–Trinajstić information content (AvgIpc) is 2.23. The van der Waals surface area contributed by atoms with Crippen molar-refractivity contribution in [2.24, 2.45) is 0 Å². The van der Waals surface area contributed by atoms with E-state index in [1.54, 1.807) is 18.3 Å². The van der Waals surface area contributed by atoms with Crippen molar-refractivity contribution in [2.45, 2.75) is 0 Å². The number of aromatic nitrogens is 1. The summed E-state index contributed by atoms with van der Waals surface area (Å²) in [5.74, 6) is 0. The van der Waals surface area contributed by atoms with Crippen molar-refractivity contribution < 1.29 is 4.92 Å². The molecule has 0 aliphatic heterocycles. The molecule has 0 aliphatic rings. The summed E-state index contributed by atoms with van der Waals surface area (Å²) < 4.78 is 0.287. The first kappa shape index (κ1) is 10.3. The van der Waals surface area contributed by atoms with Gasteiger partial charge in [0.25, 0.3) is 5.69 Å². The molecule has 15 heavy (non-hydrogen) atoms. The molecule has 0 atom stereocenters. The zero-order valence-corrected chi connectivity index (χ0v) is 9.62. The molecule has 4 nitrogen and oxygen atoms in total. The number of halogens is 2. The maximum atomic E-state index is 10.7. The molecule has 2 rings (SSSR count). The number of fused-ring (bicyclic) bond motifs is 1. The lowest BCUT2D eigenvalue weighted by Gasteiger charge is -2.02. The second kappa shape index (κ2) is 3.75. The maximum Gasteiger partial charge on any atom is 0.287 e. The molecule has 0 unspecified atom stereocenters. The molecule has 0 amide bonds. The van der Waals surface area contributed by atoms with E-state index in [0.29, 0.717) is 15.9 Å². The Bertz CT molecular complexity index is 559. The lowest BCUT2D eigenvalue weighted by molar-refractivity contribution is -0.385. The molecule has 2 aromatic rings. The summed E-state index contributed by atoms with van der Waals surface area (Å²) in [6.45, 7) is 0. The fourth-order valence-corrected chi connectivity index (χ4v) is 2.00. The molecule has 1 heterocycles. The summed E-state index contributed by atoms with van der Waals surface area (Å²) >= 11 is 9.08. The molecular weight excluding hydrogens is 283 g/mol. The quantitative estimate of drug-likeness (QED) is 0.595. The number of rotatable bonds is 1. The first-order valence-electron chi connectivity index (χ1n) is 3.98. The molecule has 0 aliphatic carbocycles. The molecule has 0 bridgehead atoms. The first-order chi connectivity index (χ1) is 7.11. The molecule has 0 saturated heterocycles. The molecular formula is C9H4BrClN2O2. The van der Waals surface area contributed by atoms with Crippen LogP contribution >= 0.6 is 27.5 Å². The lowest BCUT2D eigenvalue weighted by Crippen LogP contribution is -1.91. The van der Waals surface area contributed by atoms with Crippen molar-refractivity contribution in [1.82, 2.24) is 4.98 Å². The van der Waals surface area contributed by atoms with Gasteiger partial charge in [-0.25, -0.2) is 0 Å². The van der Waals surface area contributed by atoms with Crippen LogP contribution in [0.1, 0.15) is 0 Å². The highest BCUT2D eigenvalue weighted by atomic mass is 79.9. The number of nitrogens with zero attached hydrogens (tertiary/aromatic N) is 2. The van der Waals surface area contributed by atoms with Crippen molar-refractivity contribution in [3.05, 3.63) is 44.0 Å². The number of nitro groups is 1. The second-order valence-electron chi connectivity index (χ2n) is 2.85. The number of pyridine rings is 1. The highest BCUT2D eigenvalue weighted by molar-refractivity contribution is 9.10. The van der Waals surface area contributed by atoms with Crippen molar-refractivity contribution >= 4 is 44.1 Å².